The van der Waals surface area contributed by atoms with Gasteiger partial charge in [-0.05, 0) is 63.3 Å². The second-order valence-electron chi connectivity index (χ2n) is 13.4. The highest BCUT2D eigenvalue weighted by Gasteiger charge is 2.34. The van der Waals surface area contributed by atoms with Crippen molar-refractivity contribution < 1.29 is 38.9 Å². The third-order valence-electron chi connectivity index (χ3n) is 7.96. The van der Waals surface area contributed by atoms with Crippen molar-refractivity contribution in [1.82, 2.24) is 20.9 Å². The number of alkyl carbamates (subject to hydrolysis) is 1. The van der Waals surface area contributed by atoms with E-state index in [1.54, 1.807) is 51.1 Å². The van der Waals surface area contributed by atoms with Crippen molar-refractivity contribution in [3.05, 3.63) is 108 Å². The van der Waals surface area contributed by atoms with Gasteiger partial charge in [0.05, 0.1) is 23.5 Å². The van der Waals surface area contributed by atoms with Gasteiger partial charge in [0.25, 0.3) is 0 Å². The zero-order valence-corrected chi connectivity index (χ0v) is 29.4. The smallest absolute Gasteiger partial charge is 0.408 e. The molecule has 0 saturated heterocycles. The Morgan fingerprint density at radius 1 is 0.750 bits per heavy atom. The van der Waals surface area contributed by atoms with Crippen molar-refractivity contribution in [2.45, 2.75) is 82.7 Å². The fourth-order valence-electron chi connectivity index (χ4n) is 5.40. The molecule has 6 N–H and O–H groups in total. The van der Waals surface area contributed by atoms with E-state index in [2.05, 4.69) is 26.3 Å². The molecule has 52 heavy (non-hydrogen) atoms. The molecular formula is C39H45N5O8. The molecule has 4 aromatic rings. The summed E-state index contributed by atoms with van der Waals surface area (Å²) in [7, 11) is 0. The largest absolute Gasteiger partial charge is 0.481 e. The lowest BCUT2D eigenvalue weighted by Gasteiger charge is -2.28. The Labute approximate surface area is 302 Å². The number of amides is 4. The monoisotopic (exact) mass is 711 g/mol. The number of carbonyl (C=O) groups excluding carboxylic acids is 4. The summed E-state index contributed by atoms with van der Waals surface area (Å²) in [5.74, 6) is -3.57. The van der Waals surface area contributed by atoms with E-state index < -0.39 is 66.0 Å². The van der Waals surface area contributed by atoms with E-state index >= 15 is 0 Å². The third-order valence-corrected chi connectivity index (χ3v) is 7.96. The van der Waals surface area contributed by atoms with Crippen molar-refractivity contribution in [3.8, 4) is 0 Å². The van der Waals surface area contributed by atoms with Crippen molar-refractivity contribution in [1.29, 1.82) is 0 Å². The van der Waals surface area contributed by atoms with Gasteiger partial charge in [0.15, 0.2) is 0 Å². The zero-order valence-electron chi connectivity index (χ0n) is 29.4. The van der Waals surface area contributed by atoms with Crippen LogP contribution in [0.3, 0.4) is 0 Å². The number of anilines is 1. The summed E-state index contributed by atoms with van der Waals surface area (Å²) < 4.78 is 5.32. The normalized spacial score (nSPS) is 13.5. The number of rotatable bonds is 16. The minimum absolute atomic E-state index is 0.0623. The van der Waals surface area contributed by atoms with E-state index in [-0.39, 0.29) is 19.3 Å². The molecule has 274 valence electrons. The van der Waals surface area contributed by atoms with Crippen LogP contribution >= 0.6 is 0 Å². The predicted octanol–water partition coefficient (Wildman–Crippen LogP) is 4.14. The van der Waals surface area contributed by atoms with Gasteiger partial charge in [-0.25, -0.2) is 4.79 Å². The summed E-state index contributed by atoms with van der Waals surface area (Å²) in [4.78, 5) is 70.0. The van der Waals surface area contributed by atoms with Gasteiger partial charge >= 0.3 is 12.1 Å². The summed E-state index contributed by atoms with van der Waals surface area (Å²) in [6.07, 6.45) is -1.24. The molecule has 1 heterocycles. The average molecular weight is 712 g/mol. The van der Waals surface area contributed by atoms with Gasteiger partial charge in [0.1, 0.15) is 23.7 Å². The highest BCUT2D eigenvalue weighted by molar-refractivity contribution is 6.00. The molecule has 4 rings (SSSR count). The van der Waals surface area contributed by atoms with Gasteiger partial charge < -0.3 is 36.2 Å². The minimum atomic E-state index is -1.57. The van der Waals surface area contributed by atoms with Crippen LogP contribution in [0.2, 0.25) is 0 Å². The maximum Gasteiger partial charge on any atom is 0.408 e. The molecule has 3 aromatic carbocycles. The number of nitrogens with zero attached hydrogens (tertiary/aromatic N) is 1. The number of aliphatic hydroxyl groups excluding tert-OH is 1. The van der Waals surface area contributed by atoms with Crippen LogP contribution in [0.4, 0.5) is 10.5 Å². The number of aromatic nitrogens is 1. The molecule has 13 heteroatoms. The number of aliphatic carboxylic acids is 1. The van der Waals surface area contributed by atoms with Crippen molar-refractivity contribution in [2.75, 3.05) is 5.32 Å². The Kier molecular flexibility index (Phi) is 13.8. The lowest BCUT2D eigenvalue weighted by Crippen LogP contribution is -2.59. The summed E-state index contributed by atoms with van der Waals surface area (Å²) in [6.45, 7) is 4.91. The fourth-order valence-corrected chi connectivity index (χ4v) is 5.40. The predicted molar refractivity (Wildman–Crippen MR) is 195 cm³/mol. The summed E-state index contributed by atoms with van der Waals surface area (Å²) in [5.41, 5.74) is 1.83. The second-order valence-corrected chi connectivity index (χ2v) is 13.4. The molecule has 0 aliphatic heterocycles. The topological polar surface area (TPSA) is 196 Å². The first-order chi connectivity index (χ1) is 24.8. The molecule has 0 fully saturated rings. The zero-order chi connectivity index (χ0) is 37.7. The molecule has 0 radical (unpaired) electrons. The number of carboxylic acids is 1. The molecule has 13 nitrogen and oxygen atoms in total. The van der Waals surface area contributed by atoms with Crippen molar-refractivity contribution in [3.63, 3.8) is 0 Å². The van der Waals surface area contributed by atoms with Crippen LogP contribution in [0.5, 0.6) is 0 Å². The molecule has 0 spiro atoms. The standard InChI is InChI=1S/C39H45N5O8/c1-39(2,3)52-38(51)44-34(32(45)20-18-25-12-6-4-7-13-25)37(50)42-30(19-21-33(46)47)35(48)43-31(22-26-14-8-5-9-15-26)36(49)41-28-23-27-16-10-11-17-29(27)40-24-28/h4-17,23-24,30-32,34,45H,18-22H2,1-3H3,(H,41,49)(H,42,50)(H,43,48)(H,44,51)(H,46,47)/t30-,31-,32-,34-/m0/s1. The number of hydrogen-bond acceptors (Lipinski definition) is 8. The number of aryl methyl sites for hydroxylation is 1. The first kappa shape index (κ1) is 39.0. The highest BCUT2D eigenvalue weighted by atomic mass is 16.6. The van der Waals surface area contributed by atoms with E-state index in [0.717, 1.165) is 22.0 Å². The van der Waals surface area contributed by atoms with Gasteiger partial charge in [-0.3, -0.25) is 24.2 Å². The van der Waals surface area contributed by atoms with Gasteiger partial charge in [0, 0.05) is 18.2 Å². The fraction of sp³-hybridized carbons (Fsp3) is 0.333. The van der Waals surface area contributed by atoms with Gasteiger partial charge in [-0.2, -0.15) is 0 Å². The highest BCUT2D eigenvalue weighted by Crippen LogP contribution is 2.17. The number of nitrogens with one attached hydrogen (secondary N) is 4. The van der Waals surface area contributed by atoms with Crippen LogP contribution in [0, 0.1) is 0 Å². The summed E-state index contributed by atoms with van der Waals surface area (Å²) >= 11 is 0. The summed E-state index contributed by atoms with van der Waals surface area (Å²) in [5, 5.41) is 31.8. The van der Waals surface area contributed by atoms with E-state index in [9.17, 15) is 34.2 Å². The van der Waals surface area contributed by atoms with E-state index in [4.69, 9.17) is 4.74 Å². The lowest BCUT2D eigenvalue weighted by atomic mass is 10.00. The van der Waals surface area contributed by atoms with E-state index in [1.165, 1.54) is 6.20 Å². The first-order valence-electron chi connectivity index (χ1n) is 17.0. The second kappa shape index (κ2) is 18.4. The van der Waals surface area contributed by atoms with Crippen LogP contribution in [0.15, 0.2) is 97.2 Å². The third kappa shape index (κ3) is 12.5. The number of fused-ring (bicyclic) bond motifs is 1. The number of para-hydroxylation sites is 1. The van der Waals surface area contributed by atoms with E-state index in [1.807, 2.05) is 60.7 Å². The van der Waals surface area contributed by atoms with Crippen molar-refractivity contribution in [2.24, 2.45) is 0 Å². The van der Waals surface area contributed by atoms with E-state index in [0.29, 0.717) is 12.1 Å². The molecule has 4 atom stereocenters. The number of pyridine rings is 1. The maximum absolute atomic E-state index is 13.9. The van der Waals surface area contributed by atoms with Gasteiger partial charge in [-0.1, -0.05) is 78.9 Å². The number of benzene rings is 3. The Bertz CT molecular complexity index is 1830. The van der Waals surface area contributed by atoms with Crippen LogP contribution in [0.1, 0.15) is 51.2 Å². The molecule has 4 amide bonds. The summed E-state index contributed by atoms with van der Waals surface area (Å²) in [6, 6.07) is 23.1. The minimum Gasteiger partial charge on any atom is -0.481 e. The van der Waals surface area contributed by atoms with Crippen LogP contribution in [-0.4, -0.2) is 74.8 Å². The number of hydrogen-bond donors (Lipinski definition) is 6. The molecule has 0 aliphatic rings. The molecular weight excluding hydrogens is 666 g/mol. The first-order valence-corrected chi connectivity index (χ1v) is 17.0. The van der Waals surface area contributed by atoms with Gasteiger partial charge in [-0.15, -0.1) is 0 Å². The Morgan fingerprint density at radius 2 is 1.37 bits per heavy atom. The number of aliphatic hydroxyl groups is 1. The maximum atomic E-state index is 13.9. The SMILES string of the molecule is CC(C)(C)OC(=O)N[C@H](C(=O)N[C@@H](CCC(=O)O)C(=O)N[C@@H](Cc1ccccc1)C(=O)Nc1cnc2ccccc2c1)[C@@H](O)CCc1ccccc1. The Morgan fingerprint density at radius 3 is 2.02 bits per heavy atom. The van der Waals surface area contributed by atoms with Gasteiger partial charge in [0.2, 0.25) is 17.7 Å². The number of carbonyl (C=O) groups is 5. The average Bonchev–Trinajstić information content (AvgIpc) is 3.10. The van der Waals surface area contributed by atoms with Crippen molar-refractivity contribution >= 4 is 46.4 Å². The number of carboxylic acid groups (broad SMARTS) is 1. The molecule has 0 saturated carbocycles. The quantitative estimate of drug-likeness (QED) is 0.0990. The number of ether oxygens (including phenoxy) is 1. The molecule has 0 unspecified atom stereocenters. The van der Waals surface area contributed by atoms with Crippen LogP contribution < -0.4 is 21.3 Å². The molecule has 0 bridgehead atoms. The molecule has 1 aromatic heterocycles. The van der Waals surface area contributed by atoms with Crippen LogP contribution in [-0.2, 0) is 36.8 Å². The van der Waals surface area contributed by atoms with Crippen LogP contribution in [0.25, 0.3) is 10.9 Å². The Balaban J connectivity index is 1.55. The Hall–Kier alpha value is -5.82. The molecule has 0 aliphatic carbocycles. The lowest BCUT2D eigenvalue weighted by molar-refractivity contribution is -0.138.